The van der Waals surface area contributed by atoms with Crippen LogP contribution in [0.15, 0.2) is 48.5 Å². The Kier molecular flexibility index (Phi) is 9.15. The number of hydrogen-bond donors (Lipinski definition) is 3. The fourth-order valence-electron chi connectivity index (χ4n) is 3.06. The van der Waals surface area contributed by atoms with Crippen LogP contribution in [0.3, 0.4) is 0 Å². The van der Waals surface area contributed by atoms with Crippen molar-refractivity contribution in [1.82, 2.24) is 5.32 Å². The van der Waals surface area contributed by atoms with Crippen molar-refractivity contribution in [3.63, 3.8) is 0 Å². The maximum absolute atomic E-state index is 12.4. The monoisotopic (exact) mass is 414 g/mol. The van der Waals surface area contributed by atoms with Gasteiger partial charge in [-0.15, -0.1) is 0 Å². The second-order valence-electron chi connectivity index (χ2n) is 7.09. The summed E-state index contributed by atoms with van der Waals surface area (Å²) in [5, 5.41) is 5.82. The third kappa shape index (κ3) is 7.40. The zero-order valence-electron chi connectivity index (χ0n) is 18.2. The number of hydrogen-bond acceptors (Lipinski definition) is 4. The van der Waals surface area contributed by atoms with Gasteiger partial charge in [0, 0.05) is 11.8 Å². The molecule has 2 amide bonds. The summed E-state index contributed by atoms with van der Waals surface area (Å²) in [6, 6.07) is 15.0. The van der Waals surface area contributed by atoms with Gasteiger partial charge in [-0.1, -0.05) is 30.3 Å². The summed E-state index contributed by atoms with van der Waals surface area (Å²) in [4.78, 5) is 25.5. The molecule has 0 bridgehead atoms. The molecule has 2 aromatic rings. The highest BCUT2D eigenvalue weighted by atomic mass is 16.5. The van der Waals surface area contributed by atoms with Gasteiger partial charge in [0.25, 0.3) is 11.8 Å². The van der Waals surface area contributed by atoms with Crippen molar-refractivity contribution in [1.29, 1.82) is 0 Å². The van der Waals surface area contributed by atoms with E-state index in [0.29, 0.717) is 30.4 Å². The van der Waals surface area contributed by atoms with Gasteiger partial charge < -0.3 is 25.0 Å². The van der Waals surface area contributed by atoms with Crippen LogP contribution in [0.5, 0.6) is 11.5 Å². The van der Waals surface area contributed by atoms with Crippen molar-refractivity contribution >= 4 is 17.5 Å². The Hall–Kier alpha value is -3.06. The summed E-state index contributed by atoms with van der Waals surface area (Å²) in [6.07, 6.45) is 0. The summed E-state index contributed by atoms with van der Waals surface area (Å²) < 4.78 is 11.1. The molecule has 30 heavy (non-hydrogen) atoms. The van der Waals surface area contributed by atoms with Gasteiger partial charge in [0.15, 0.2) is 24.6 Å². The van der Waals surface area contributed by atoms with Crippen LogP contribution in [-0.2, 0) is 9.59 Å². The predicted molar refractivity (Wildman–Crippen MR) is 117 cm³/mol. The highest BCUT2D eigenvalue weighted by molar-refractivity contribution is 5.92. The molecule has 1 unspecified atom stereocenters. The molecule has 2 aromatic carbocycles. The Balaban J connectivity index is 1.85. The van der Waals surface area contributed by atoms with Gasteiger partial charge in [-0.2, -0.15) is 0 Å². The fraction of sp³-hybridized carbons (Fsp3) is 0.391. The molecule has 0 saturated carbocycles. The number of likely N-dealkylation sites (N-methyl/N-ethyl adjacent to an activating group) is 1. The molecule has 3 N–H and O–H groups in total. The summed E-state index contributed by atoms with van der Waals surface area (Å²) in [7, 11) is 1.82. The highest BCUT2D eigenvalue weighted by Crippen LogP contribution is 2.30. The zero-order valence-corrected chi connectivity index (χ0v) is 18.2. The number of quaternary nitrogens is 1. The van der Waals surface area contributed by atoms with Gasteiger partial charge in [-0.3, -0.25) is 9.59 Å². The average Bonchev–Trinajstić information content (AvgIpc) is 2.70. The van der Waals surface area contributed by atoms with E-state index in [2.05, 4.69) is 10.6 Å². The Bertz CT molecular complexity index is 826. The van der Waals surface area contributed by atoms with Crippen molar-refractivity contribution < 1.29 is 24.0 Å². The fourth-order valence-corrected chi connectivity index (χ4v) is 3.06. The van der Waals surface area contributed by atoms with E-state index in [9.17, 15) is 9.59 Å². The van der Waals surface area contributed by atoms with Crippen molar-refractivity contribution in [2.24, 2.45) is 0 Å². The van der Waals surface area contributed by atoms with Crippen LogP contribution in [0.25, 0.3) is 0 Å². The second-order valence-corrected chi connectivity index (χ2v) is 7.09. The number of carbonyl (C=O) groups excluding carboxylic acids is 2. The summed E-state index contributed by atoms with van der Waals surface area (Å²) >= 11 is 0. The van der Waals surface area contributed by atoms with E-state index < -0.39 is 0 Å². The van der Waals surface area contributed by atoms with Crippen molar-refractivity contribution in [2.75, 3.05) is 38.7 Å². The van der Waals surface area contributed by atoms with Gasteiger partial charge in [0.2, 0.25) is 0 Å². The first-order valence-electron chi connectivity index (χ1n) is 10.3. The normalized spacial score (nSPS) is 12.5. The molecule has 0 aliphatic rings. The van der Waals surface area contributed by atoms with E-state index in [0.717, 1.165) is 10.5 Å². The van der Waals surface area contributed by atoms with Crippen LogP contribution < -0.4 is 25.0 Å². The van der Waals surface area contributed by atoms with E-state index in [1.54, 1.807) is 18.2 Å². The van der Waals surface area contributed by atoms with Gasteiger partial charge in [0.1, 0.15) is 0 Å². The molecule has 162 valence electrons. The first kappa shape index (κ1) is 23.2. The zero-order chi connectivity index (χ0) is 21.9. The molecule has 0 saturated heterocycles. The molecular formula is C23H32N3O4+. The number of nitrogens with one attached hydrogen (secondary N) is 3. The van der Waals surface area contributed by atoms with E-state index in [1.807, 2.05) is 58.2 Å². The van der Waals surface area contributed by atoms with Crippen LogP contribution >= 0.6 is 0 Å². The average molecular weight is 415 g/mol. The maximum atomic E-state index is 12.4. The lowest BCUT2D eigenvalue weighted by molar-refractivity contribution is -0.862. The van der Waals surface area contributed by atoms with Gasteiger partial charge in [-0.05, 0) is 38.5 Å². The van der Waals surface area contributed by atoms with Gasteiger partial charge in [0.05, 0.1) is 26.3 Å². The number of ether oxygens (including phenoxy) is 2. The Morgan fingerprint density at radius 1 is 0.933 bits per heavy atom. The Labute approximate surface area is 178 Å². The van der Waals surface area contributed by atoms with Gasteiger partial charge in [-0.25, -0.2) is 0 Å². The van der Waals surface area contributed by atoms with E-state index in [-0.39, 0.29) is 30.9 Å². The summed E-state index contributed by atoms with van der Waals surface area (Å²) in [5.41, 5.74) is 1.67. The third-order valence-electron chi connectivity index (χ3n) is 4.43. The molecule has 0 heterocycles. The molecule has 0 aliphatic heterocycles. The number of carbonyl (C=O) groups is 2. The minimum absolute atomic E-state index is 0.0823. The van der Waals surface area contributed by atoms with Crippen LogP contribution in [0.4, 0.5) is 5.69 Å². The Morgan fingerprint density at radius 3 is 2.23 bits per heavy atom. The SMILES string of the molecule is CCOc1ccc(NC(=O)C[NH+](C)CC(=O)N[C@H](C)c2ccccc2)cc1OCC. The lowest BCUT2D eigenvalue weighted by atomic mass is 10.1. The van der Waals surface area contributed by atoms with Crippen LogP contribution in [0.2, 0.25) is 0 Å². The number of amides is 2. The number of rotatable bonds is 11. The highest BCUT2D eigenvalue weighted by Gasteiger charge is 2.17. The smallest absolute Gasteiger partial charge is 0.279 e. The maximum Gasteiger partial charge on any atom is 0.279 e. The van der Waals surface area contributed by atoms with E-state index in [1.165, 1.54) is 0 Å². The first-order valence-corrected chi connectivity index (χ1v) is 10.3. The summed E-state index contributed by atoms with van der Waals surface area (Å²) in [5.74, 6) is 0.954. The molecule has 7 heteroatoms. The summed E-state index contributed by atoms with van der Waals surface area (Å²) in [6.45, 7) is 7.15. The first-order chi connectivity index (χ1) is 14.4. The lowest BCUT2D eigenvalue weighted by Gasteiger charge is -2.17. The van der Waals surface area contributed by atoms with Crippen LogP contribution in [-0.4, -0.2) is 45.2 Å². The molecule has 0 fully saturated rings. The molecular weight excluding hydrogens is 382 g/mol. The Morgan fingerprint density at radius 2 is 1.57 bits per heavy atom. The van der Waals surface area contributed by atoms with Crippen molar-refractivity contribution in [3.05, 3.63) is 54.1 Å². The minimum Gasteiger partial charge on any atom is -0.490 e. The predicted octanol–water partition coefficient (Wildman–Crippen LogP) is 1.81. The topological polar surface area (TPSA) is 81.1 Å². The quantitative estimate of drug-likeness (QED) is 0.524. The molecule has 0 aromatic heterocycles. The van der Waals surface area contributed by atoms with E-state index >= 15 is 0 Å². The second kappa shape index (κ2) is 11.8. The molecule has 2 rings (SSSR count). The van der Waals surface area contributed by atoms with Gasteiger partial charge >= 0.3 is 0 Å². The minimum atomic E-state index is -0.178. The third-order valence-corrected chi connectivity index (χ3v) is 4.43. The van der Waals surface area contributed by atoms with Crippen molar-refractivity contribution in [2.45, 2.75) is 26.8 Å². The molecule has 0 radical (unpaired) electrons. The number of anilines is 1. The molecule has 2 atom stereocenters. The standard InChI is InChI=1S/C23H31N3O4/c1-5-29-20-13-12-19(14-21(20)30-6-2)25-23(28)16-26(4)15-22(27)24-17(3)18-10-8-7-9-11-18/h7-14,17H,5-6,15-16H2,1-4H3,(H,24,27)(H,25,28)/p+1/t17-/m1/s1. The largest absolute Gasteiger partial charge is 0.490 e. The molecule has 0 aliphatic carbocycles. The van der Waals surface area contributed by atoms with E-state index in [4.69, 9.17) is 9.47 Å². The van der Waals surface area contributed by atoms with Crippen molar-refractivity contribution in [3.8, 4) is 11.5 Å². The molecule has 0 spiro atoms. The molecule has 7 nitrogen and oxygen atoms in total. The number of benzene rings is 2. The van der Waals surface area contributed by atoms with Crippen LogP contribution in [0, 0.1) is 0 Å². The van der Waals surface area contributed by atoms with Crippen LogP contribution in [0.1, 0.15) is 32.4 Å². The lowest BCUT2D eigenvalue weighted by Crippen LogP contribution is -3.11.